The SMILES string of the molecule is O=C(Cc1ccccc1)N[C@@H]1C(=O)N2[C@@H]1SC[C@H](O)[C@H]2C(=O)OC(c1ccccc1)c1ccccc1. The van der Waals surface area contributed by atoms with Crippen molar-refractivity contribution in [2.45, 2.75) is 36.1 Å². The Hall–Kier alpha value is -3.62. The van der Waals surface area contributed by atoms with Gasteiger partial charge >= 0.3 is 5.97 Å². The Kier molecular flexibility index (Phi) is 7.06. The minimum atomic E-state index is -1.14. The molecule has 0 unspecified atom stereocenters. The zero-order valence-electron chi connectivity index (χ0n) is 19.4. The number of hydrogen-bond donors (Lipinski definition) is 2. The van der Waals surface area contributed by atoms with Crippen molar-refractivity contribution in [3.63, 3.8) is 0 Å². The topological polar surface area (TPSA) is 95.9 Å². The van der Waals surface area contributed by atoms with Crippen LogP contribution >= 0.6 is 11.8 Å². The van der Waals surface area contributed by atoms with E-state index in [1.54, 1.807) is 0 Å². The summed E-state index contributed by atoms with van der Waals surface area (Å²) in [6.45, 7) is 0. The summed E-state index contributed by atoms with van der Waals surface area (Å²) in [5.41, 5.74) is 2.42. The van der Waals surface area contributed by atoms with Gasteiger partial charge in [-0.25, -0.2) is 4.79 Å². The van der Waals surface area contributed by atoms with Crippen molar-refractivity contribution >= 4 is 29.5 Å². The highest BCUT2D eigenvalue weighted by Crippen LogP contribution is 2.39. The van der Waals surface area contributed by atoms with Gasteiger partial charge in [-0.1, -0.05) is 91.0 Å². The summed E-state index contributed by atoms with van der Waals surface area (Å²) in [6.07, 6.45) is -1.60. The van der Waals surface area contributed by atoms with Crippen LogP contribution in [0.4, 0.5) is 0 Å². The van der Waals surface area contributed by atoms with Gasteiger partial charge in [-0.2, -0.15) is 0 Å². The van der Waals surface area contributed by atoms with Gasteiger partial charge in [-0.15, -0.1) is 11.8 Å². The highest BCUT2D eigenvalue weighted by molar-refractivity contribution is 8.00. The summed E-state index contributed by atoms with van der Waals surface area (Å²) in [5, 5.41) is 13.0. The lowest BCUT2D eigenvalue weighted by Gasteiger charge is -2.53. The number of β-lactam (4-membered cyclic amide) rings is 1. The molecule has 2 saturated heterocycles. The second-order valence-electron chi connectivity index (χ2n) is 8.83. The van der Waals surface area contributed by atoms with E-state index in [0.29, 0.717) is 0 Å². The second-order valence-corrected chi connectivity index (χ2v) is 9.98. The van der Waals surface area contributed by atoms with Crippen LogP contribution in [0.5, 0.6) is 0 Å². The average Bonchev–Trinajstić information content (AvgIpc) is 2.91. The quantitative estimate of drug-likeness (QED) is 0.381. The van der Waals surface area contributed by atoms with Gasteiger partial charge in [-0.3, -0.25) is 9.59 Å². The number of fused-ring (bicyclic) bond motifs is 1. The van der Waals surface area contributed by atoms with Crippen molar-refractivity contribution in [3.8, 4) is 0 Å². The van der Waals surface area contributed by atoms with E-state index in [-0.39, 0.29) is 18.1 Å². The van der Waals surface area contributed by atoms with Crippen LogP contribution in [0.25, 0.3) is 0 Å². The number of aliphatic hydroxyl groups excluding tert-OH is 1. The number of ether oxygens (including phenoxy) is 1. The van der Waals surface area contributed by atoms with Gasteiger partial charge in [0.2, 0.25) is 11.8 Å². The van der Waals surface area contributed by atoms with Crippen molar-refractivity contribution in [2.75, 3.05) is 5.75 Å². The average molecular weight is 503 g/mol. The summed E-state index contributed by atoms with van der Waals surface area (Å²) >= 11 is 1.35. The first kappa shape index (κ1) is 24.1. The number of carbonyl (C=O) groups is 3. The van der Waals surface area contributed by atoms with E-state index in [2.05, 4.69) is 5.32 Å². The van der Waals surface area contributed by atoms with Crippen molar-refractivity contribution < 1.29 is 24.2 Å². The first-order valence-corrected chi connectivity index (χ1v) is 12.8. The number of esters is 1. The summed E-state index contributed by atoms with van der Waals surface area (Å²) in [4.78, 5) is 40.3. The third-order valence-corrected chi connectivity index (χ3v) is 7.76. The van der Waals surface area contributed by atoms with Gasteiger partial charge in [0.05, 0.1) is 12.5 Å². The Morgan fingerprint density at radius 3 is 2.08 bits per heavy atom. The molecule has 5 rings (SSSR count). The molecule has 4 atom stereocenters. The van der Waals surface area contributed by atoms with E-state index >= 15 is 0 Å². The first-order valence-electron chi connectivity index (χ1n) is 11.8. The zero-order valence-corrected chi connectivity index (χ0v) is 20.2. The molecule has 0 saturated carbocycles. The normalized spacial score (nSPS) is 22.9. The molecule has 36 heavy (non-hydrogen) atoms. The number of thioether (sulfide) groups is 1. The molecule has 3 aromatic carbocycles. The smallest absolute Gasteiger partial charge is 0.332 e. The van der Waals surface area contributed by atoms with Crippen LogP contribution in [0.1, 0.15) is 22.8 Å². The van der Waals surface area contributed by atoms with E-state index in [4.69, 9.17) is 4.74 Å². The number of nitrogens with zero attached hydrogens (tertiary/aromatic N) is 1. The fourth-order valence-electron chi connectivity index (χ4n) is 4.61. The molecule has 2 fully saturated rings. The number of aliphatic hydroxyl groups is 1. The van der Waals surface area contributed by atoms with Crippen LogP contribution in [0.2, 0.25) is 0 Å². The summed E-state index contributed by atoms with van der Waals surface area (Å²) in [5.74, 6) is -1.09. The molecular weight excluding hydrogens is 476 g/mol. The number of nitrogens with one attached hydrogen (secondary N) is 1. The molecule has 3 aromatic rings. The number of rotatable bonds is 7. The van der Waals surface area contributed by atoms with E-state index in [9.17, 15) is 19.5 Å². The number of benzene rings is 3. The van der Waals surface area contributed by atoms with E-state index in [1.165, 1.54) is 16.7 Å². The van der Waals surface area contributed by atoms with Crippen LogP contribution < -0.4 is 5.32 Å². The summed E-state index contributed by atoms with van der Waals surface area (Å²) in [7, 11) is 0. The molecule has 2 N–H and O–H groups in total. The standard InChI is InChI=1S/C28H26N2O5S/c31-21-17-36-27-23(29-22(32)16-18-10-4-1-5-11-18)26(33)30(27)24(21)28(34)35-25(19-12-6-2-7-13-19)20-14-8-3-9-15-20/h1-15,21,23-25,27,31H,16-17H2,(H,29,32)/t21-,23+,24-,27+/m0/s1. The molecular formula is C28H26N2O5S. The van der Waals surface area contributed by atoms with Crippen LogP contribution in [-0.2, 0) is 25.5 Å². The fourth-order valence-corrected chi connectivity index (χ4v) is 5.96. The number of amides is 2. The van der Waals surface area contributed by atoms with Crippen molar-refractivity contribution in [1.29, 1.82) is 0 Å². The van der Waals surface area contributed by atoms with Gasteiger partial charge in [0.25, 0.3) is 0 Å². The Morgan fingerprint density at radius 1 is 0.944 bits per heavy atom. The summed E-state index contributed by atoms with van der Waals surface area (Å²) in [6, 6.07) is 26.1. The Bertz CT molecular complexity index is 1180. The fraction of sp³-hybridized carbons (Fsp3) is 0.250. The van der Waals surface area contributed by atoms with Crippen LogP contribution in [0.15, 0.2) is 91.0 Å². The molecule has 0 radical (unpaired) electrons. The highest BCUT2D eigenvalue weighted by Gasteiger charge is 2.58. The molecule has 0 aromatic heterocycles. The molecule has 8 heteroatoms. The lowest BCUT2D eigenvalue weighted by Crippen LogP contribution is -2.76. The van der Waals surface area contributed by atoms with Crippen molar-refractivity contribution in [3.05, 3.63) is 108 Å². The third-order valence-electron chi connectivity index (χ3n) is 6.39. The van der Waals surface area contributed by atoms with E-state index in [0.717, 1.165) is 16.7 Å². The van der Waals surface area contributed by atoms with E-state index < -0.39 is 41.5 Å². The Balaban J connectivity index is 1.30. The maximum Gasteiger partial charge on any atom is 0.332 e. The lowest BCUT2D eigenvalue weighted by atomic mass is 9.98. The van der Waals surface area contributed by atoms with Gasteiger partial charge in [0.1, 0.15) is 11.4 Å². The van der Waals surface area contributed by atoms with Gasteiger partial charge in [0.15, 0.2) is 12.1 Å². The monoisotopic (exact) mass is 502 g/mol. The molecule has 2 aliphatic rings. The Labute approximate surface area is 213 Å². The lowest BCUT2D eigenvalue weighted by molar-refractivity contribution is -0.173. The molecule has 2 amide bonds. The van der Waals surface area contributed by atoms with Crippen LogP contribution in [0.3, 0.4) is 0 Å². The predicted molar refractivity (Wildman–Crippen MR) is 136 cm³/mol. The second kappa shape index (κ2) is 10.6. The van der Waals surface area contributed by atoms with Crippen LogP contribution in [0, 0.1) is 0 Å². The maximum absolute atomic E-state index is 13.4. The Morgan fingerprint density at radius 2 is 1.50 bits per heavy atom. The molecule has 0 spiro atoms. The number of carbonyl (C=O) groups excluding carboxylic acids is 3. The molecule has 184 valence electrons. The molecule has 7 nitrogen and oxygen atoms in total. The zero-order chi connectivity index (χ0) is 25.1. The molecule has 0 bridgehead atoms. The predicted octanol–water partition coefficient (Wildman–Crippen LogP) is 2.69. The molecule has 2 aliphatic heterocycles. The van der Waals surface area contributed by atoms with Gasteiger partial charge < -0.3 is 20.1 Å². The molecule has 0 aliphatic carbocycles. The van der Waals surface area contributed by atoms with Gasteiger partial charge in [-0.05, 0) is 16.7 Å². The maximum atomic E-state index is 13.4. The minimum absolute atomic E-state index is 0.159. The van der Waals surface area contributed by atoms with E-state index in [1.807, 2.05) is 91.0 Å². The third kappa shape index (κ3) is 4.87. The van der Waals surface area contributed by atoms with Gasteiger partial charge in [0, 0.05) is 5.75 Å². The van der Waals surface area contributed by atoms with Crippen molar-refractivity contribution in [1.82, 2.24) is 10.2 Å². The first-order chi connectivity index (χ1) is 17.5. The summed E-state index contributed by atoms with van der Waals surface area (Å²) < 4.78 is 5.94. The van der Waals surface area contributed by atoms with Crippen LogP contribution in [-0.4, -0.2) is 57.1 Å². The highest BCUT2D eigenvalue weighted by atomic mass is 32.2. The largest absolute Gasteiger partial charge is 0.451 e. The minimum Gasteiger partial charge on any atom is -0.451 e. The molecule has 2 heterocycles. The van der Waals surface area contributed by atoms with Crippen molar-refractivity contribution in [2.24, 2.45) is 0 Å². The number of hydrogen-bond acceptors (Lipinski definition) is 6.